The van der Waals surface area contributed by atoms with Crippen molar-refractivity contribution in [3.05, 3.63) is 188 Å². The van der Waals surface area contributed by atoms with Crippen LogP contribution >= 0.6 is 0 Å². The van der Waals surface area contributed by atoms with Gasteiger partial charge in [-0.1, -0.05) is 146 Å². The predicted octanol–water partition coefficient (Wildman–Crippen LogP) is 13.2. The normalized spacial score (nSPS) is 11.8. The zero-order valence-corrected chi connectivity index (χ0v) is 28.7. The van der Waals surface area contributed by atoms with Gasteiger partial charge in [0.05, 0.1) is 22.1 Å². The van der Waals surface area contributed by atoms with Gasteiger partial charge in [0.25, 0.3) is 0 Å². The van der Waals surface area contributed by atoms with E-state index in [-0.39, 0.29) is 0 Å². The lowest BCUT2D eigenvalue weighted by Gasteiger charge is -2.17. The Balaban J connectivity index is 1.26. The van der Waals surface area contributed by atoms with Crippen molar-refractivity contribution < 1.29 is 0 Å². The van der Waals surface area contributed by atoms with Gasteiger partial charge in [0.2, 0.25) is 0 Å². The fraction of sp³-hybridized carbons (Fsp3) is 0. The number of rotatable bonds is 4. The smallest absolute Gasteiger partial charge is 0.165 e. The minimum absolute atomic E-state index is 0.812. The molecule has 0 fully saturated rings. The molecule has 3 nitrogen and oxygen atoms in total. The summed E-state index contributed by atoms with van der Waals surface area (Å²) in [7, 11) is 0. The van der Waals surface area contributed by atoms with Crippen LogP contribution in [0.15, 0.2) is 188 Å². The van der Waals surface area contributed by atoms with Crippen LogP contribution in [0.2, 0.25) is 0 Å². The van der Waals surface area contributed by atoms with E-state index in [1.54, 1.807) is 0 Å². The van der Waals surface area contributed by atoms with Crippen molar-refractivity contribution >= 4 is 65.2 Å². The first-order chi connectivity index (χ1) is 26.2. The first-order valence-corrected chi connectivity index (χ1v) is 18.1. The summed E-state index contributed by atoms with van der Waals surface area (Å²) < 4.78 is 2.33. The third-order valence-electron chi connectivity index (χ3n) is 10.7. The van der Waals surface area contributed by atoms with E-state index in [9.17, 15) is 0 Å². The van der Waals surface area contributed by atoms with Crippen LogP contribution in [0.1, 0.15) is 0 Å². The molecule has 0 unspecified atom stereocenters. The summed E-state index contributed by atoms with van der Waals surface area (Å²) in [5.74, 6) is 0.812. The molecule has 3 heteroatoms. The van der Waals surface area contributed by atoms with Crippen molar-refractivity contribution in [3.8, 4) is 39.3 Å². The molecule has 0 atom stereocenters. The molecule has 0 N–H and O–H groups in total. The lowest BCUT2D eigenvalue weighted by atomic mass is 9.92. The minimum Gasteiger partial charge on any atom is -0.292 e. The van der Waals surface area contributed by atoms with E-state index in [1.807, 2.05) is 0 Å². The van der Waals surface area contributed by atoms with E-state index < -0.39 is 0 Å². The zero-order valence-electron chi connectivity index (χ0n) is 28.7. The van der Waals surface area contributed by atoms with Crippen LogP contribution in [0.25, 0.3) is 104 Å². The van der Waals surface area contributed by atoms with Crippen LogP contribution in [0.3, 0.4) is 0 Å². The molecule has 0 radical (unpaired) electrons. The largest absolute Gasteiger partial charge is 0.292 e. The summed E-state index contributed by atoms with van der Waals surface area (Å²) in [5, 5.41) is 9.59. The summed E-state index contributed by atoms with van der Waals surface area (Å²) in [5.41, 5.74) is 10.3. The third kappa shape index (κ3) is 4.82. The van der Waals surface area contributed by atoms with Gasteiger partial charge >= 0.3 is 0 Å². The Morgan fingerprint density at radius 2 is 0.849 bits per heavy atom. The Kier molecular flexibility index (Phi) is 6.55. The lowest BCUT2D eigenvalue weighted by molar-refractivity contribution is 1.08. The third-order valence-corrected chi connectivity index (χ3v) is 10.7. The highest BCUT2D eigenvalue weighted by Gasteiger charge is 2.21. The van der Waals surface area contributed by atoms with Gasteiger partial charge in [-0.3, -0.25) is 4.57 Å². The standard InChI is InChI=1S/C50H31N3/c1-2-14-34(15-3-1)42-30-46-45(31-43(42)39-24-22-32-12-4-6-16-35(32)26-39)51-49(40-25-23-33-13-5-7-17-36(33)27-40)50(52-46)53-47-21-11-10-20-41(47)44-28-37-18-8-9-19-38(37)29-48(44)53/h1-31H. The maximum atomic E-state index is 5.63. The Morgan fingerprint density at radius 3 is 1.57 bits per heavy atom. The van der Waals surface area contributed by atoms with Gasteiger partial charge in [0.1, 0.15) is 5.69 Å². The molecule has 0 aliphatic rings. The summed E-state index contributed by atoms with van der Waals surface area (Å²) in [6.45, 7) is 0. The minimum atomic E-state index is 0.812. The van der Waals surface area contributed by atoms with Gasteiger partial charge in [0, 0.05) is 16.3 Å². The Morgan fingerprint density at radius 1 is 0.321 bits per heavy atom. The first-order valence-electron chi connectivity index (χ1n) is 18.1. The molecule has 9 aromatic carbocycles. The van der Waals surface area contributed by atoms with Crippen molar-refractivity contribution in [2.24, 2.45) is 0 Å². The molecule has 2 heterocycles. The van der Waals surface area contributed by atoms with Crippen molar-refractivity contribution in [1.29, 1.82) is 0 Å². The highest BCUT2D eigenvalue weighted by Crippen LogP contribution is 2.41. The molecule has 0 spiro atoms. The van der Waals surface area contributed by atoms with Crippen LogP contribution in [-0.4, -0.2) is 14.5 Å². The predicted molar refractivity (Wildman–Crippen MR) is 223 cm³/mol. The zero-order chi connectivity index (χ0) is 34.9. The van der Waals surface area contributed by atoms with Gasteiger partial charge in [-0.15, -0.1) is 0 Å². The van der Waals surface area contributed by atoms with Crippen LogP contribution in [-0.2, 0) is 0 Å². The number of aromatic nitrogens is 3. The summed E-state index contributed by atoms with van der Waals surface area (Å²) >= 11 is 0. The van der Waals surface area contributed by atoms with E-state index in [0.29, 0.717) is 0 Å². The first kappa shape index (κ1) is 29.6. The second-order valence-electron chi connectivity index (χ2n) is 13.8. The van der Waals surface area contributed by atoms with Crippen molar-refractivity contribution in [2.75, 3.05) is 0 Å². The number of para-hydroxylation sites is 1. The molecule has 0 bridgehead atoms. The van der Waals surface area contributed by atoms with Crippen LogP contribution in [0.4, 0.5) is 0 Å². The van der Waals surface area contributed by atoms with E-state index in [2.05, 4.69) is 193 Å². The average Bonchev–Trinajstić information content (AvgIpc) is 3.54. The fourth-order valence-electron chi connectivity index (χ4n) is 8.12. The molecular formula is C50H31N3. The maximum Gasteiger partial charge on any atom is 0.165 e. The molecule has 0 aliphatic heterocycles. The fourth-order valence-corrected chi connectivity index (χ4v) is 8.12. The summed E-state index contributed by atoms with van der Waals surface area (Å²) in [6.07, 6.45) is 0. The molecule has 11 aromatic rings. The topological polar surface area (TPSA) is 30.7 Å². The summed E-state index contributed by atoms with van der Waals surface area (Å²) in [4.78, 5) is 11.2. The Bertz CT molecular complexity index is 3230. The number of hydrogen-bond acceptors (Lipinski definition) is 2. The molecule has 0 aliphatic carbocycles. The van der Waals surface area contributed by atoms with Crippen LogP contribution < -0.4 is 0 Å². The van der Waals surface area contributed by atoms with E-state index >= 15 is 0 Å². The molecule has 0 saturated carbocycles. The molecule has 2 aromatic heterocycles. The van der Waals surface area contributed by atoms with Gasteiger partial charge in [-0.05, 0) is 97.0 Å². The monoisotopic (exact) mass is 673 g/mol. The molecular weight excluding hydrogens is 643 g/mol. The van der Waals surface area contributed by atoms with Crippen LogP contribution in [0, 0.1) is 0 Å². The highest BCUT2D eigenvalue weighted by molar-refractivity contribution is 6.14. The lowest BCUT2D eigenvalue weighted by Crippen LogP contribution is -2.04. The number of benzene rings is 9. The van der Waals surface area contributed by atoms with E-state index in [4.69, 9.17) is 9.97 Å². The molecule has 246 valence electrons. The maximum absolute atomic E-state index is 5.63. The van der Waals surface area contributed by atoms with Gasteiger partial charge in [-0.2, -0.15) is 0 Å². The number of hydrogen-bond donors (Lipinski definition) is 0. The Labute approximate surface area is 306 Å². The highest BCUT2D eigenvalue weighted by atomic mass is 15.1. The Hall–Kier alpha value is -7.10. The van der Waals surface area contributed by atoms with E-state index in [1.165, 1.54) is 43.1 Å². The molecule has 0 saturated heterocycles. The van der Waals surface area contributed by atoms with E-state index in [0.717, 1.165) is 61.4 Å². The SMILES string of the molecule is c1ccc(-c2cc3nc(-n4c5ccccc5c5cc6ccccc6cc54)c(-c4ccc5ccccc5c4)nc3cc2-c2ccc3ccccc3c2)cc1. The van der Waals surface area contributed by atoms with Gasteiger partial charge in [-0.25, -0.2) is 9.97 Å². The van der Waals surface area contributed by atoms with Gasteiger partial charge in [0.15, 0.2) is 5.82 Å². The molecule has 53 heavy (non-hydrogen) atoms. The second kappa shape index (κ2) is 11.7. The quantitative estimate of drug-likeness (QED) is 0.186. The second-order valence-corrected chi connectivity index (χ2v) is 13.8. The van der Waals surface area contributed by atoms with Crippen molar-refractivity contribution in [2.45, 2.75) is 0 Å². The molecule has 11 rings (SSSR count). The number of fused-ring (bicyclic) bond motifs is 7. The summed E-state index contributed by atoms with van der Waals surface area (Å²) in [6, 6.07) is 67.4. The molecule has 0 amide bonds. The van der Waals surface area contributed by atoms with Crippen molar-refractivity contribution in [3.63, 3.8) is 0 Å². The number of nitrogens with zero attached hydrogens (tertiary/aromatic N) is 3. The van der Waals surface area contributed by atoms with Crippen molar-refractivity contribution in [1.82, 2.24) is 14.5 Å². The average molecular weight is 674 g/mol. The van der Waals surface area contributed by atoms with Crippen LogP contribution in [0.5, 0.6) is 0 Å². The van der Waals surface area contributed by atoms with Gasteiger partial charge < -0.3 is 0 Å².